The van der Waals surface area contributed by atoms with E-state index in [1.165, 1.54) is 0 Å². The van der Waals surface area contributed by atoms with E-state index >= 15 is 0 Å². The normalized spacial score (nSPS) is 15.4. The summed E-state index contributed by atoms with van der Waals surface area (Å²) in [6, 6.07) is 0. The van der Waals surface area contributed by atoms with Crippen LogP contribution in [0.1, 0.15) is 82.6 Å². The van der Waals surface area contributed by atoms with Crippen LogP contribution in [0.15, 0.2) is 0 Å². The summed E-state index contributed by atoms with van der Waals surface area (Å²) in [4.78, 5) is 22.8. The van der Waals surface area contributed by atoms with E-state index in [9.17, 15) is 0 Å². The van der Waals surface area contributed by atoms with Gasteiger partial charge in [-0.15, -0.1) is 0 Å². The van der Waals surface area contributed by atoms with Crippen molar-refractivity contribution >= 4 is 0 Å². The maximum Gasteiger partial charge on any atom is 0.233 e. The molecule has 1 unspecified atom stereocenters. The molecule has 0 aliphatic carbocycles. The zero-order chi connectivity index (χ0) is 19.2. The first kappa shape index (κ1) is 23.8. The fourth-order valence-electron chi connectivity index (χ4n) is 1.53. The maximum absolute atomic E-state index is 5.72. The van der Waals surface area contributed by atoms with Crippen molar-refractivity contribution in [2.75, 3.05) is 6.61 Å². The smallest absolute Gasteiger partial charge is 0.233 e. The lowest BCUT2D eigenvalue weighted by atomic mass is 9.95. The van der Waals surface area contributed by atoms with Crippen LogP contribution >= 0.6 is 0 Å². The molecular formula is C19H40O5. The van der Waals surface area contributed by atoms with Gasteiger partial charge in [-0.05, 0) is 60.3 Å². The molecule has 5 heteroatoms. The molecule has 146 valence electrons. The third-order valence-corrected chi connectivity index (χ3v) is 4.76. The lowest BCUT2D eigenvalue weighted by molar-refractivity contribution is -0.545. The Labute approximate surface area is 149 Å². The molecule has 0 heterocycles. The largest absolute Gasteiger partial charge is 0.379 e. The molecule has 1 atom stereocenters. The Morgan fingerprint density at radius 2 is 1.04 bits per heavy atom. The van der Waals surface area contributed by atoms with E-state index in [0.717, 1.165) is 0 Å². The molecule has 0 saturated heterocycles. The highest BCUT2D eigenvalue weighted by atomic mass is 17.3. The summed E-state index contributed by atoms with van der Waals surface area (Å²) in [5, 5.41) is 0. The summed E-state index contributed by atoms with van der Waals surface area (Å²) in [6.07, 6.45) is 0.444. The minimum atomic E-state index is -1.06. The van der Waals surface area contributed by atoms with Crippen LogP contribution < -0.4 is 0 Å². The molecule has 0 aromatic heterocycles. The summed E-state index contributed by atoms with van der Waals surface area (Å²) in [7, 11) is 0. The summed E-state index contributed by atoms with van der Waals surface area (Å²) in [6.45, 7) is 22.7. The van der Waals surface area contributed by atoms with Gasteiger partial charge in [-0.25, -0.2) is 9.78 Å². The van der Waals surface area contributed by atoms with E-state index in [1.807, 2.05) is 48.5 Å². The molecule has 0 N–H and O–H groups in total. The Bertz CT molecular complexity index is 326. The fraction of sp³-hybridized carbons (Fsp3) is 1.00. The predicted octanol–water partition coefficient (Wildman–Crippen LogP) is 5.28. The van der Waals surface area contributed by atoms with Crippen molar-refractivity contribution in [1.82, 2.24) is 0 Å². The summed E-state index contributed by atoms with van der Waals surface area (Å²) in [5.74, 6) is -0.481. The van der Waals surface area contributed by atoms with Crippen molar-refractivity contribution in [3.8, 4) is 0 Å². The van der Waals surface area contributed by atoms with Gasteiger partial charge in [-0.3, -0.25) is 0 Å². The molecule has 24 heavy (non-hydrogen) atoms. The second kappa shape index (κ2) is 9.48. The molecular weight excluding hydrogens is 308 g/mol. The average Bonchev–Trinajstić information content (AvgIpc) is 2.43. The van der Waals surface area contributed by atoms with Crippen LogP contribution in [0.25, 0.3) is 0 Å². The zero-order valence-corrected chi connectivity index (χ0v) is 17.7. The highest BCUT2D eigenvalue weighted by Gasteiger charge is 2.38. The van der Waals surface area contributed by atoms with E-state index < -0.39 is 17.0 Å². The first-order chi connectivity index (χ1) is 10.8. The molecule has 0 aliphatic rings. The van der Waals surface area contributed by atoms with Crippen LogP contribution in [0.5, 0.6) is 0 Å². The Hall–Kier alpha value is -0.200. The Kier molecular flexibility index (Phi) is 9.41. The van der Waals surface area contributed by atoms with Crippen molar-refractivity contribution < 1.29 is 24.3 Å². The average molecular weight is 349 g/mol. The quantitative estimate of drug-likeness (QED) is 0.273. The number of hydrogen-bond acceptors (Lipinski definition) is 5. The van der Waals surface area contributed by atoms with Gasteiger partial charge < -0.3 is 4.74 Å². The second-order valence-electron chi connectivity index (χ2n) is 8.45. The molecule has 0 aromatic carbocycles. The molecule has 5 nitrogen and oxygen atoms in total. The van der Waals surface area contributed by atoms with Crippen LogP contribution in [0, 0.1) is 11.8 Å². The molecule has 0 rings (SSSR count). The standard InChI is InChI=1S/C19H40O5/c1-12-20-16(6)13-19(11,23-21-17(7,8)14(2)3)24-22-18(9,10)15(4)5/h14-16H,12-13H2,1-11H3. The second-order valence-corrected chi connectivity index (χ2v) is 8.45. The van der Waals surface area contributed by atoms with Crippen LogP contribution in [-0.2, 0) is 24.3 Å². The van der Waals surface area contributed by atoms with Crippen molar-refractivity contribution in [3.05, 3.63) is 0 Å². The number of rotatable bonds is 12. The van der Waals surface area contributed by atoms with Gasteiger partial charge in [0.2, 0.25) is 5.79 Å². The topological polar surface area (TPSA) is 46.2 Å². The Morgan fingerprint density at radius 1 is 0.667 bits per heavy atom. The third-order valence-electron chi connectivity index (χ3n) is 4.76. The minimum absolute atomic E-state index is 0.0449. The van der Waals surface area contributed by atoms with E-state index in [-0.39, 0.29) is 6.10 Å². The van der Waals surface area contributed by atoms with Gasteiger partial charge in [0.15, 0.2) is 0 Å². The molecule has 0 bridgehead atoms. The number of hydrogen-bond donors (Lipinski definition) is 0. The minimum Gasteiger partial charge on any atom is -0.379 e. The van der Waals surface area contributed by atoms with Gasteiger partial charge in [-0.1, -0.05) is 27.7 Å². The molecule has 0 fully saturated rings. The van der Waals surface area contributed by atoms with Crippen LogP contribution in [0.4, 0.5) is 0 Å². The van der Waals surface area contributed by atoms with Gasteiger partial charge in [0, 0.05) is 13.0 Å². The van der Waals surface area contributed by atoms with E-state index in [2.05, 4.69) is 27.7 Å². The maximum atomic E-state index is 5.72. The predicted molar refractivity (Wildman–Crippen MR) is 96.3 cm³/mol. The zero-order valence-electron chi connectivity index (χ0n) is 17.7. The van der Waals surface area contributed by atoms with E-state index in [4.69, 9.17) is 24.3 Å². The third kappa shape index (κ3) is 8.26. The lowest BCUT2D eigenvalue weighted by Crippen LogP contribution is -2.44. The van der Waals surface area contributed by atoms with Crippen LogP contribution in [0.3, 0.4) is 0 Å². The first-order valence-electron chi connectivity index (χ1n) is 9.11. The summed E-state index contributed by atoms with van der Waals surface area (Å²) >= 11 is 0. The Balaban J connectivity index is 5.01. The lowest BCUT2D eigenvalue weighted by Gasteiger charge is -2.37. The molecule has 0 amide bonds. The van der Waals surface area contributed by atoms with Crippen molar-refractivity contribution in [3.63, 3.8) is 0 Å². The van der Waals surface area contributed by atoms with E-state index in [1.54, 1.807) is 0 Å². The summed E-state index contributed by atoms with van der Waals surface area (Å²) < 4.78 is 5.63. The first-order valence-corrected chi connectivity index (χ1v) is 9.11. The monoisotopic (exact) mass is 348 g/mol. The Morgan fingerprint density at radius 3 is 1.33 bits per heavy atom. The summed E-state index contributed by atoms with van der Waals surface area (Å²) in [5.41, 5.74) is -0.875. The van der Waals surface area contributed by atoms with Gasteiger partial charge in [0.05, 0.1) is 6.10 Å². The highest BCUT2D eigenvalue weighted by Crippen LogP contribution is 2.30. The van der Waals surface area contributed by atoms with Crippen molar-refractivity contribution in [2.45, 2.75) is 106 Å². The van der Waals surface area contributed by atoms with Gasteiger partial charge in [0.1, 0.15) is 11.2 Å². The van der Waals surface area contributed by atoms with E-state index in [0.29, 0.717) is 24.9 Å². The fourth-order valence-corrected chi connectivity index (χ4v) is 1.53. The van der Waals surface area contributed by atoms with Crippen LogP contribution in [-0.4, -0.2) is 29.7 Å². The molecule has 0 aromatic rings. The van der Waals surface area contributed by atoms with Gasteiger partial charge in [-0.2, -0.15) is 9.78 Å². The molecule has 0 radical (unpaired) electrons. The van der Waals surface area contributed by atoms with Crippen molar-refractivity contribution in [2.24, 2.45) is 11.8 Å². The van der Waals surface area contributed by atoms with Crippen molar-refractivity contribution in [1.29, 1.82) is 0 Å². The number of ether oxygens (including phenoxy) is 1. The highest BCUT2D eigenvalue weighted by molar-refractivity contribution is 4.73. The SMILES string of the molecule is CCOC(C)CC(C)(OOC(C)(C)C(C)C)OOC(C)(C)C(C)C. The van der Waals surface area contributed by atoms with Gasteiger partial charge in [0.25, 0.3) is 0 Å². The molecule has 0 spiro atoms. The molecule has 0 saturated carbocycles. The van der Waals surface area contributed by atoms with Gasteiger partial charge >= 0.3 is 0 Å². The molecule has 0 aliphatic heterocycles. The van der Waals surface area contributed by atoms with Crippen LogP contribution in [0.2, 0.25) is 0 Å².